The van der Waals surface area contributed by atoms with Crippen LogP contribution >= 0.6 is 0 Å². The van der Waals surface area contributed by atoms with Gasteiger partial charge in [0.2, 0.25) is 0 Å². The highest BCUT2D eigenvalue weighted by Crippen LogP contribution is 2.10. The molecular weight excluding hydrogens is 198 g/mol. The summed E-state index contributed by atoms with van der Waals surface area (Å²) in [6.07, 6.45) is 1.05. The van der Waals surface area contributed by atoms with E-state index < -0.39 is 0 Å². The lowest BCUT2D eigenvalue weighted by atomic mass is 10.0. The monoisotopic (exact) mass is 221 g/mol. The molecule has 1 aromatic carbocycles. The Kier molecular flexibility index (Phi) is 5.29. The molecule has 0 bridgehead atoms. The fourth-order valence-electron chi connectivity index (χ4n) is 1.75. The van der Waals surface area contributed by atoms with Gasteiger partial charge in [0.15, 0.2) is 0 Å². The quantitative estimate of drug-likeness (QED) is 0.687. The number of benzene rings is 1. The number of hydrogen-bond acceptors (Lipinski definition) is 3. The average Bonchev–Trinajstić information content (AvgIpc) is 2.26. The molecule has 90 valence electrons. The first-order valence-corrected chi connectivity index (χ1v) is 5.90. The van der Waals surface area contributed by atoms with Gasteiger partial charge in [0.25, 0.3) is 0 Å². The van der Waals surface area contributed by atoms with Gasteiger partial charge in [-0.15, -0.1) is 0 Å². The zero-order valence-electron chi connectivity index (χ0n) is 10.2. The Morgan fingerprint density at radius 2 is 2.06 bits per heavy atom. The highest BCUT2D eigenvalue weighted by molar-refractivity contribution is 5.45. The standard InChI is InChI=1S/C13H23N3/c1-10(2)6-12(15)9-16-13-5-3-4-11(7-13)8-14/h3-5,7,10,12,16H,6,8-9,14-15H2,1-2H3. The highest BCUT2D eigenvalue weighted by atomic mass is 14.9. The molecule has 0 saturated carbocycles. The van der Waals surface area contributed by atoms with E-state index in [0.29, 0.717) is 12.5 Å². The Bertz CT molecular complexity index is 310. The first kappa shape index (κ1) is 13.0. The van der Waals surface area contributed by atoms with E-state index in [1.807, 2.05) is 18.2 Å². The number of nitrogens with one attached hydrogen (secondary N) is 1. The summed E-state index contributed by atoms with van der Waals surface area (Å²) in [5, 5.41) is 3.34. The molecule has 0 fully saturated rings. The number of nitrogens with two attached hydrogens (primary N) is 2. The van der Waals surface area contributed by atoms with Crippen LogP contribution in [0.5, 0.6) is 0 Å². The molecule has 0 aliphatic carbocycles. The van der Waals surface area contributed by atoms with Crippen LogP contribution in [-0.4, -0.2) is 12.6 Å². The maximum Gasteiger partial charge on any atom is 0.0343 e. The molecule has 0 aliphatic rings. The zero-order chi connectivity index (χ0) is 12.0. The van der Waals surface area contributed by atoms with Crippen molar-refractivity contribution in [1.82, 2.24) is 0 Å². The average molecular weight is 221 g/mol. The summed E-state index contributed by atoms with van der Waals surface area (Å²) in [5.41, 5.74) is 13.8. The third-order valence-corrected chi connectivity index (χ3v) is 2.51. The maximum absolute atomic E-state index is 6.01. The third kappa shape index (κ3) is 4.64. The topological polar surface area (TPSA) is 64.1 Å². The molecule has 3 heteroatoms. The lowest BCUT2D eigenvalue weighted by Crippen LogP contribution is -2.30. The van der Waals surface area contributed by atoms with Gasteiger partial charge < -0.3 is 16.8 Å². The smallest absolute Gasteiger partial charge is 0.0343 e. The van der Waals surface area contributed by atoms with E-state index in [4.69, 9.17) is 11.5 Å². The minimum Gasteiger partial charge on any atom is -0.383 e. The molecule has 0 amide bonds. The molecule has 3 nitrogen and oxygen atoms in total. The normalized spacial score (nSPS) is 12.8. The predicted octanol–water partition coefficient (Wildman–Crippen LogP) is 1.93. The summed E-state index contributed by atoms with van der Waals surface area (Å²) in [6, 6.07) is 8.36. The van der Waals surface area contributed by atoms with Gasteiger partial charge in [-0.05, 0) is 30.0 Å². The van der Waals surface area contributed by atoms with Gasteiger partial charge in [0, 0.05) is 24.8 Å². The molecule has 1 atom stereocenters. The van der Waals surface area contributed by atoms with E-state index in [9.17, 15) is 0 Å². The zero-order valence-corrected chi connectivity index (χ0v) is 10.2. The lowest BCUT2D eigenvalue weighted by Gasteiger charge is -2.15. The lowest BCUT2D eigenvalue weighted by molar-refractivity contribution is 0.508. The van der Waals surface area contributed by atoms with Crippen molar-refractivity contribution in [3.63, 3.8) is 0 Å². The molecule has 0 radical (unpaired) electrons. The summed E-state index contributed by atoms with van der Waals surface area (Å²) >= 11 is 0. The Morgan fingerprint density at radius 1 is 1.31 bits per heavy atom. The Labute approximate surface area is 98.2 Å². The van der Waals surface area contributed by atoms with Crippen LogP contribution in [0.25, 0.3) is 0 Å². The Morgan fingerprint density at radius 3 is 2.69 bits per heavy atom. The SMILES string of the molecule is CC(C)CC(N)CNc1cccc(CN)c1. The van der Waals surface area contributed by atoms with Crippen LogP contribution in [-0.2, 0) is 6.54 Å². The van der Waals surface area contributed by atoms with E-state index in [1.54, 1.807) is 0 Å². The number of hydrogen-bond donors (Lipinski definition) is 3. The summed E-state index contributed by atoms with van der Waals surface area (Å²) in [6.45, 7) is 5.77. The molecule has 1 rings (SSSR count). The van der Waals surface area contributed by atoms with E-state index in [1.165, 1.54) is 0 Å². The van der Waals surface area contributed by atoms with Crippen molar-refractivity contribution in [3.8, 4) is 0 Å². The van der Waals surface area contributed by atoms with Crippen LogP contribution in [0.1, 0.15) is 25.8 Å². The molecule has 0 spiro atoms. The van der Waals surface area contributed by atoms with Crippen LogP contribution in [0.15, 0.2) is 24.3 Å². The van der Waals surface area contributed by atoms with Gasteiger partial charge in [0.05, 0.1) is 0 Å². The molecule has 1 unspecified atom stereocenters. The van der Waals surface area contributed by atoms with Crippen molar-refractivity contribution in [2.45, 2.75) is 32.9 Å². The molecule has 0 heterocycles. The number of anilines is 1. The molecular formula is C13H23N3. The van der Waals surface area contributed by atoms with E-state index in [-0.39, 0.29) is 6.04 Å². The second kappa shape index (κ2) is 6.51. The van der Waals surface area contributed by atoms with E-state index in [2.05, 4.69) is 25.2 Å². The molecule has 1 aromatic rings. The molecule has 0 aliphatic heterocycles. The van der Waals surface area contributed by atoms with Crippen LogP contribution < -0.4 is 16.8 Å². The van der Waals surface area contributed by atoms with Gasteiger partial charge in [-0.2, -0.15) is 0 Å². The molecule has 0 aromatic heterocycles. The van der Waals surface area contributed by atoms with Crippen molar-refractivity contribution in [1.29, 1.82) is 0 Å². The fraction of sp³-hybridized carbons (Fsp3) is 0.538. The molecule has 16 heavy (non-hydrogen) atoms. The Balaban J connectivity index is 2.41. The van der Waals surface area contributed by atoms with Gasteiger partial charge in [-0.3, -0.25) is 0 Å². The van der Waals surface area contributed by atoms with Crippen LogP contribution in [0.2, 0.25) is 0 Å². The number of rotatable bonds is 6. The molecule has 5 N–H and O–H groups in total. The first-order chi connectivity index (χ1) is 7.61. The van der Waals surface area contributed by atoms with Crippen molar-refractivity contribution >= 4 is 5.69 Å². The second-order valence-electron chi connectivity index (χ2n) is 4.68. The third-order valence-electron chi connectivity index (χ3n) is 2.51. The van der Waals surface area contributed by atoms with Crippen molar-refractivity contribution in [2.75, 3.05) is 11.9 Å². The summed E-state index contributed by atoms with van der Waals surface area (Å²) in [4.78, 5) is 0. The summed E-state index contributed by atoms with van der Waals surface area (Å²) < 4.78 is 0. The second-order valence-corrected chi connectivity index (χ2v) is 4.68. The fourth-order valence-corrected chi connectivity index (χ4v) is 1.75. The van der Waals surface area contributed by atoms with E-state index in [0.717, 1.165) is 24.2 Å². The first-order valence-electron chi connectivity index (χ1n) is 5.90. The van der Waals surface area contributed by atoms with Gasteiger partial charge in [-0.1, -0.05) is 26.0 Å². The largest absolute Gasteiger partial charge is 0.383 e. The minimum absolute atomic E-state index is 0.210. The van der Waals surface area contributed by atoms with Crippen LogP contribution in [0, 0.1) is 5.92 Å². The Hall–Kier alpha value is -1.06. The van der Waals surface area contributed by atoms with Gasteiger partial charge >= 0.3 is 0 Å². The van der Waals surface area contributed by atoms with Crippen LogP contribution in [0.3, 0.4) is 0 Å². The van der Waals surface area contributed by atoms with Crippen molar-refractivity contribution in [3.05, 3.63) is 29.8 Å². The van der Waals surface area contributed by atoms with Crippen LogP contribution in [0.4, 0.5) is 5.69 Å². The maximum atomic E-state index is 6.01. The van der Waals surface area contributed by atoms with Crippen molar-refractivity contribution < 1.29 is 0 Å². The van der Waals surface area contributed by atoms with E-state index >= 15 is 0 Å². The highest BCUT2D eigenvalue weighted by Gasteiger charge is 2.05. The predicted molar refractivity (Wildman–Crippen MR) is 70.3 cm³/mol. The van der Waals surface area contributed by atoms with Crippen molar-refractivity contribution in [2.24, 2.45) is 17.4 Å². The minimum atomic E-state index is 0.210. The van der Waals surface area contributed by atoms with Gasteiger partial charge in [0.1, 0.15) is 0 Å². The molecule has 0 saturated heterocycles. The van der Waals surface area contributed by atoms with Gasteiger partial charge in [-0.25, -0.2) is 0 Å². The summed E-state index contributed by atoms with van der Waals surface area (Å²) in [7, 11) is 0. The summed E-state index contributed by atoms with van der Waals surface area (Å²) in [5.74, 6) is 0.646.